The lowest BCUT2D eigenvalue weighted by Crippen LogP contribution is -2.30. The molecule has 0 aliphatic carbocycles. The van der Waals surface area contributed by atoms with Gasteiger partial charge in [0.15, 0.2) is 6.10 Å². The fraction of sp³-hybridized carbons (Fsp3) is 0.654. The molecule has 18 heteroatoms. The van der Waals surface area contributed by atoms with Gasteiger partial charge in [-0.25, -0.2) is 9.13 Å². The number of aliphatic hydroxyl groups is 2. The van der Waals surface area contributed by atoms with Gasteiger partial charge in [-0.3, -0.25) is 32.5 Å². The highest BCUT2D eigenvalue weighted by Gasteiger charge is 2.30. The van der Waals surface area contributed by atoms with Crippen molar-refractivity contribution >= 4 is 33.6 Å². The van der Waals surface area contributed by atoms with Crippen molar-refractivity contribution < 1.29 is 75.8 Å². The number of hydrogen-bond acceptors (Lipinski definition) is 14. The van der Waals surface area contributed by atoms with E-state index in [0.29, 0.717) is 19.3 Å². The van der Waals surface area contributed by atoms with Crippen molar-refractivity contribution in [2.75, 3.05) is 39.6 Å². The summed E-state index contributed by atoms with van der Waals surface area (Å²) in [6.07, 6.45) is 132. The van der Waals surface area contributed by atoms with Crippen molar-refractivity contribution in [2.45, 2.75) is 411 Å². The monoisotopic (exact) mass is 1780 g/mol. The molecule has 5 unspecified atom stereocenters. The Bertz CT molecular complexity index is 3100. The molecule has 4 N–H and O–H groups in total. The molecule has 0 heterocycles. The zero-order valence-corrected chi connectivity index (χ0v) is 80.5. The molecule has 0 amide bonds. The molecule has 0 aromatic carbocycles. The van der Waals surface area contributed by atoms with E-state index in [2.05, 4.69) is 227 Å². The van der Waals surface area contributed by atoms with E-state index in [4.69, 9.17) is 32.3 Å². The normalized spacial score (nSPS) is 14.6. The Balaban J connectivity index is 4.59. The molecule has 0 spiro atoms. The van der Waals surface area contributed by atoms with Crippen molar-refractivity contribution in [1.29, 1.82) is 0 Å². The maximum atomic E-state index is 13.1. The van der Waals surface area contributed by atoms with Gasteiger partial charge in [0, 0.05) is 19.3 Å². The second kappa shape index (κ2) is 97.2. The minimum atomic E-state index is -4.95. The highest BCUT2D eigenvalue weighted by atomic mass is 31.2. The fourth-order valence-electron chi connectivity index (χ4n) is 13.1. The molecule has 0 rings (SSSR count). The number of carbonyl (C=O) groups excluding carboxylic acids is 3. The maximum absolute atomic E-state index is 13.1. The van der Waals surface area contributed by atoms with Gasteiger partial charge in [-0.05, 0) is 167 Å². The van der Waals surface area contributed by atoms with Crippen molar-refractivity contribution in [3.8, 4) is 0 Å². The summed E-state index contributed by atoms with van der Waals surface area (Å²) in [5, 5.41) is 20.8. The Hall–Kier alpha value is -5.87. The van der Waals surface area contributed by atoms with Crippen LogP contribution in [0.4, 0.5) is 0 Å². The molecule has 0 aromatic rings. The highest BCUT2D eigenvalue weighted by Crippen LogP contribution is 2.45. The van der Waals surface area contributed by atoms with Crippen LogP contribution in [0.3, 0.4) is 0 Å². The summed E-state index contributed by atoms with van der Waals surface area (Å²) < 4.78 is 61.6. The molecule has 0 aliphatic rings. The number of phosphoric acid groups is 2. The van der Waals surface area contributed by atoms with Gasteiger partial charge in [0.25, 0.3) is 0 Å². The first-order valence-electron chi connectivity index (χ1n) is 49.4. The summed E-state index contributed by atoms with van der Waals surface area (Å²) in [4.78, 5) is 59.1. The van der Waals surface area contributed by atoms with Crippen molar-refractivity contribution in [1.82, 2.24) is 0 Å². The lowest BCUT2D eigenvalue weighted by Gasteiger charge is -2.21. The average molecular weight is 1780 g/mol. The SMILES string of the molecule is CC/C=C\C/C=C\C/C=C\C/C=C\C/C=C\C/C=C\CCCCCCCCCCCCCCCCCCC(=O)OCC(O)COP(=O)(O)OCC(O)COP(=O)(O)OCC(COC(=O)CCCCCCCCCCCCCC/C=C\C/C=C\C/C=C\C/C=C\C/C=C\C/C=C\CC)OC(=O)CCCCCCCCC/C=C\C/C=C\C/C=C\C/C=C\C/C=C\CC. The zero-order chi connectivity index (χ0) is 90.7. The van der Waals surface area contributed by atoms with E-state index in [1.807, 2.05) is 0 Å². The van der Waals surface area contributed by atoms with Crippen LogP contribution in [0.2, 0.25) is 0 Å². The smallest absolute Gasteiger partial charge is 0.463 e. The standard InChI is InChI=1S/C107H178O16P2/c1-4-7-10-13-16-19-22-25-28-31-34-37-40-42-44-46-48-49-50-51-53-55-56-58-61-63-66-69-72-75-78-81-84-87-90-93-105(110)117-96-102(108)97-119-124(113,114)120-98-103(109)99-121-125(115,116)122-101-104(123-107(112)95-92-89-86-83-80-77-74-71-68-65-60-39-36-33-30-27-24-21-18-15-12-9-6-3)100-118-106(111)94-91-88-85-82-79-76-73-70-67-64-62-59-57-54-52-47-45-43-41-38-35-32-29-26-23-20-17-14-11-8-5-2/h7-12,16-21,25-30,34-39,42-45,48-49,52,54,65,68,102-104,108-109H,4-6,13-15,22-24,31-33,40-41,46-47,50-51,53,55-64,66-67,69-101H2,1-3H3,(H,113,114)(H,115,116)/b10-7-,11-8-,12-9-,19-16-,20-17-,21-18-,28-25-,29-26-,30-27-,37-34-,38-35-,39-36-,44-42-,45-43-,49-48-,54-52-,68-65-. The van der Waals surface area contributed by atoms with Gasteiger partial charge in [-0.15, -0.1) is 0 Å². The maximum Gasteiger partial charge on any atom is 0.472 e. The van der Waals surface area contributed by atoms with Gasteiger partial charge in [-0.1, -0.05) is 414 Å². The fourth-order valence-corrected chi connectivity index (χ4v) is 14.7. The van der Waals surface area contributed by atoms with Gasteiger partial charge in [0.1, 0.15) is 25.4 Å². The van der Waals surface area contributed by atoms with Crippen LogP contribution < -0.4 is 0 Å². The largest absolute Gasteiger partial charge is 0.472 e. The lowest BCUT2D eigenvalue weighted by atomic mass is 10.0. The summed E-state index contributed by atoms with van der Waals surface area (Å²) in [6.45, 7) is 2.37. The molecule has 712 valence electrons. The Labute approximate surface area is 762 Å². The lowest BCUT2D eigenvalue weighted by molar-refractivity contribution is -0.161. The Morgan fingerprint density at radius 1 is 0.224 bits per heavy atom. The van der Waals surface area contributed by atoms with Crippen LogP contribution in [0.1, 0.15) is 393 Å². The van der Waals surface area contributed by atoms with Crippen molar-refractivity contribution in [3.63, 3.8) is 0 Å². The molecule has 0 fully saturated rings. The van der Waals surface area contributed by atoms with E-state index < -0.39 is 91.5 Å². The first-order valence-corrected chi connectivity index (χ1v) is 52.4. The number of ether oxygens (including phenoxy) is 3. The molecular formula is C107H178O16P2. The predicted molar refractivity (Wildman–Crippen MR) is 527 cm³/mol. The number of hydrogen-bond donors (Lipinski definition) is 4. The van der Waals surface area contributed by atoms with Crippen molar-refractivity contribution in [3.05, 3.63) is 207 Å². The molecule has 16 nitrogen and oxygen atoms in total. The Morgan fingerprint density at radius 2 is 0.400 bits per heavy atom. The first-order chi connectivity index (χ1) is 61.2. The third-order valence-corrected chi connectivity index (χ3v) is 22.4. The van der Waals surface area contributed by atoms with E-state index in [9.17, 15) is 43.5 Å². The number of esters is 3. The third-order valence-electron chi connectivity index (χ3n) is 20.5. The summed E-state index contributed by atoms with van der Waals surface area (Å²) >= 11 is 0. The third kappa shape index (κ3) is 98.6. The molecular weight excluding hydrogens is 1600 g/mol. The molecule has 0 saturated heterocycles. The molecule has 125 heavy (non-hydrogen) atoms. The van der Waals surface area contributed by atoms with Crippen LogP contribution in [0.5, 0.6) is 0 Å². The Kier molecular flexibility index (Phi) is 92.6. The number of unbranched alkanes of at least 4 members (excludes halogenated alkanes) is 35. The second-order valence-corrected chi connectivity index (χ2v) is 35.3. The van der Waals surface area contributed by atoms with E-state index in [1.54, 1.807) is 0 Å². The molecule has 0 radical (unpaired) electrons. The molecule has 5 atom stereocenters. The number of aliphatic hydroxyl groups excluding tert-OH is 2. The quantitative estimate of drug-likeness (QED) is 0.0146. The minimum absolute atomic E-state index is 0.0853. The summed E-state index contributed by atoms with van der Waals surface area (Å²) in [7, 11) is -9.83. The van der Waals surface area contributed by atoms with Gasteiger partial charge in [0.2, 0.25) is 0 Å². The first kappa shape index (κ1) is 119. The minimum Gasteiger partial charge on any atom is -0.463 e. The van der Waals surface area contributed by atoms with Crippen LogP contribution in [0, 0.1) is 0 Å². The molecule has 0 aliphatic heterocycles. The Morgan fingerprint density at radius 3 is 0.632 bits per heavy atom. The van der Waals surface area contributed by atoms with Gasteiger partial charge < -0.3 is 34.2 Å². The van der Waals surface area contributed by atoms with Gasteiger partial charge in [-0.2, -0.15) is 0 Å². The van der Waals surface area contributed by atoms with E-state index >= 15 is 0 Å². The van der Waals surface area contributed by atoms with Crippen LogP contribution >= 0.6 is 15.6 Å². The summed E-state index contributed by atoms with van der Waals surface area (Å²) in [6, 6.07) is 0. The topological polar surface area (TPSA) is 231 Å². The van der Waals surface area contributed by atoms with Crippen LogP contribution in [-0.2, 0) is 55.8 Å². The predicted octanol–water partition coefficient (Wildman–Crippen LogP) is 31.1. The molecule has 0 saturated carbocycles. The summed E-state index contributed by atoms with van der Waals surface area (Å²) in [5.41, 5.74) is 0. The van der Waals surface area contributed by atoms with E-state index in [1.165, 1.54) is 128 Å². The number of carbonyl (C=O) groups is 3. The molecule has 0 aromatic heterocycles. The number of allylic oxidation sites excluding steroid dienone is 34. The zero-order valence-electron chi connectivity index (χ0n) is 78.7. The molecule has 0 bridgehead atoms. The van der Waals surface area contributed by atoms with Crippen LogP contribution in [0.25, 0.3) is 0 Å². The average Bonchev–Trinajstić information content (AvgIpc) is 0.902. The van der Waals surface area contributed by atoms with E-state index in [-0.39, 0.29) is 19.3 Å². The van der Waals surface area contributed by atoms with E-state index in [0.717, 1.165) is 205 Å². The van der Waals surface area contributed by atoms with Gasteiger partial charge in [0.05, 0.1) is 26.4 Å². The van der Waals surface area contributed by atoms with Crippen molar-refractivity contribution in [2.24, 2.45) is 0 Å². The van der Waals surface area contributed by atoms with Gasteiger partial charge >= 0.3 is 33.6 Å². The second-order valence-electron chi connectivity index (χ2n) is 32.4. The number of phosphoric ester groups is 2. The highest BCUT2D eigenvalue weighted by molar-refractivity contribution is 7.47. The number of rotatable bonds is 92. The summed E-state index contributed by atoms with van der Waals surface area (Å²) in [5.74, 6) is -1.59. The van der Waals surface area contributed by atoms with Crippen LogP contribution in [0.15, 0.2) is 207 Å². The van der Waals surface area contributed by atoms with Crippen LogP contribution in [-0.4, -0.2) is 95.9 Å².